The number of nitro benzene ring substituents is 2. The molecule has 1 atom stereocenters. The molecule has 0 bridgehead atoms. The number of nitrogens with one attached hydrogen (secondary N) is 2. The molecule has 31 heavy (non-hydrogen) atoms. The summed E-state index contributed by atoms with van der Waals surface area (Å²) in [6.45, 7) is 1.86. The predicted octanol–water partition coefficient (Wildman–Crippen LogP) is 2.85. The van der Waals surface area contributed by atoms with E-state index in [0.717, 1.165) is 0 Å². The molecule has 0 fully saturated rings. The number of hydrogen-bond donors (Lipinski definition) is 2. The average molecular weight is 424 g/mol. The van der Waals surface area contributed by atoms with E-state index in [9.17, 15) is 29.8 Å². The second-order valence-corrected chi connectivity index (χ2v) is 6.53. The van der Waals surface area contributed by atoms with E-state index in [1.165, 1.54) is 60.7 Å². The topological polar surface area (TPSA) is 144 Å². The monoisotopic (exact) mass is 424 g/mol. The van der Waals surface area contributed by atoms with Crippen molar-refractivity contribution in [1.29, 1.82) is 0 Å². The molecule has 0 aliphatic heterocycles. The number of nitrogens with zero attached hydrogens (tertiary/aromatic N) is 2. The third-order valence-corrected chi connectivity index (χ3v) is 3.99. The second kappa shape index (κ2) is 11.0. The molecule has 2 rings (SSSR count). The van der Waals surface area contributed by atoms with Crippen LogP contribution >= 0.6 is 0 Å². The van der Waals surface area contributed by atoms with Crippen molar-refractivity contribution in [2.45, 2.75) is 13.0 Å². The molecule has 0 radical (unpaired) electrons. The first-order valence-electron chi connectivity index (χ1n) is 9.18. The predicted molar refractivity (Wildman–Crippen MR) is 115 cm³/mol. The Morgan fingerprint density at radius 2 is 1.39 bits per heavy atom. The van der Waals surface area contributed by atoms with Gasteiger partial charge in [0.2, 0.25) is 11.8 Å². The van der Waals surface area contributed by atoms with E-state index in [0.29, 0.717) is 11.1 Å². The molecule has 10 nitrogen and oxygen atoms in total. The lowest BCUT2D eigenvalue weighted by Crippen LogP contribution is -2.40. The SMILES string of the molecule is CC(CNC(=O)C=Cc1cccc([N+](=O)[O-])c1)NC(=O)C=Cc1cccc([N+](=O)[O-])c1. The number of rotatable bonds is 9. The molecular formula is C21H20N4O6. The maximum absolute atomic E-state index is 12.0. The van der Waals surface area contributed by atoms with Crippen molar-refractivity contribution in [1.82, 2.24) is 10.6 Å². The van der Waals surface area contributed by atoms with Gasteiger partial charge in [-0.2, -0.15) is 0 Å². The molecule has 1 unspecified atom stereocenters. The molecule has 10 heteroatoms. The first-order chi connectivity index (χ1) is 14.7. The molecule has 2 aromatic carbocycles. The first-order valence-corrected chi connectivity index (χ1v) is 9.18. The van der Waals surface area contributed by atoms with Crippen molar-refractivity contribution in [3.05, 3.63) is 92.0 Å². The molecule has 2 N–H and O–H groups in total. The van der Waals surface area contributed by atoms with Crippen LogP contribution in [0.3, 0.4) is 0 Å². The quantitative estimate of drug-likeness (QED) is 0.360. The molecule has 0 aromatic heterocycles. The Hall–Kier alpha value is -4.34. The van der Waals surface area contributed by atoms with Gasteiger partial charge in [0, 0.05) is 49.0 Å². The van der Waals surface area contributed by atoms with Crippen LogP contribution in [0, 0.1) is 20.2 Å². The number of amides is 2. The number of non-ortho nitro benzene ring substituents is 2. The van der Waals surface area contributed by atoms with E-state index >= 15 is 0 Å². The van der Waals surface area contributed by atoms with Gasteiger partial charge in [-0.3, -0.25) is 29.8 Å². The Morgan fingerprint density at radius 1 is 0.903 bits per heavy atom. The van der Waals surface area contributed by atoms with E-state index < -0.39 is 21.7 Å². The van der Waals surface area contributed by atoms with Crippen LogP contribution < -0.4 is 10.6 Å². The molecule has 0 aliphatic carbocycles. The Kier molecular flexibility index (Phi) is 8.14. The van der Waals surface area contributed by atoms with Crippen LogP contribution in [0.4, 0.5) is 11.4 Å². The fraction of sp³-hybridized carbons (Fsp3) is 0.143. The van der Waals surface area contributed by atoms with Gasteiger partial charge in [-0.05, 0) is 30.2 Å². The molecule has 0 aliphatic rings. The molecule has 2 amide bonds. The van der Waals surface area contributed by atoms with E-state index in [4.69, 9.17) is 0 Å². The summed E-state index contributed by atoms with van der Waals surface area (Å²) in [6, 6.07) is 11.3. The Labute approximate surface area is 177 Å². The minimum absolute atomic E-state index is 0.0722. The molecule has 0 saturated heterocycles. The number of hydrogen-bond acceptors (Lipinski definition) is 6. The third-order valence-electron chi connectivity index (χ3n) is 3.99. The lowest BCUT2D eigenvalue weighted by Gasteiger charge is -2.12. The summed E-state index contributed by atoms with van der Waals surface area (Å²) in [6.07, 6.45) is 5.40. The lowest BCUT2D eigenvalue weighted by molar-refractivity contribution is -0.385. The summed E-state index contributed by atoms with van der Waals surface area (Å²) in [4.78, 5) is 44.4. The Balaban J connectivity index is 1.81. The van der Waals surface area contributed by atoms with Crippen molar-refractivity contribution in [2.75, 3.05) is 6.54 Å². The van der Waals surface area contributed by atoms with Gasteiger partial charge in [-0.1, -0.05) is 24.3 Å². The lowest BCUT2D eigenvalue weighted by atomic mass is 10.2. The zero-order valence-corrected chi connectivity index (χ0v) is 16.6. The molecule has 0 spiro atoms. The first kappa shape index (κ1) is 22.9. The van der Waals surface area contributed by atoms with Crippen LogP contribution in [0.25, 0.3) is 12.2 Å². The largest absolute Gasteiger partial charge is 0.351 e. The van der Waals surface area contributed by atoms with Crippen LogP contribution in [0.2, 0.25) is 0 Å². The van der Waals surface area contributed by atoms with Gasteiger partial charge in [-0.15, -0.1) is 0 Å². The van der Waals surface area contributed by atoms with Crippen LogP contribution in [0.15, 0.2) is 60.7 Å². The van der Waals surface area contributed by atoms with Crippen LogP contribution in [-0.4, -0.2) is 34.2 Å². The summed E-state index contributed by atoms with van der Waals surface area (Å²) >= 11 is 0. The smallest absolute Gasteiger partial charge is 0.270 e. The number of nitro groups is 2. The molecule has 0 saturated carbocycles. The van der Waals surface area contributed by atoms with Crippen LogP contribution in [0.5, 0.6) is 0 Å². The van der Waals surface area contributed by atoms with Gasteiger partial charge in [-0.25, -0.2) is 0 Å². The zero-order chi connectivity index (χ0) is 22.8. The van der Waals surface area contributed by atoms with Gasteiger partial charge in [0.1, 0.15) is 0 Å². The number of benzene rings is 2. The molecule has 0 heterocycles. The minimum Gasteiger partial charge on any atom is -0.351 e. The molecule has 2 aromatic rings. The summed E-state index contributed by atoms with van der Waals surface area (Å²) < 4.78 is 0. The maximum atomic E-state index is 12.0. The van der Waals surface area contributed by atoms with Crippen LogP contribution in [-0.2, 0) is 9.59 Å². The van der Waals surface area contributed by atoms with Crippen molar-refractivity contribution >= 4 is 35.3 Å². The summed E-state index contributed by atoms with van der Waals surface area (Å²) in [5.41, 5.74) is 0.877. The summed E-state index contributed by atoms with van der Waals surface area (Å²) in [5.74, 6) is -0.833. The fourth-order valence-corrected chi connectivity index (χ4v) is 2.48. The maximum Gasteiger partial charge on any atom is 0.270 e. The Morgan fingerprint density at radius 3 is 1.87 bits per heavy atom. The minimum atomic E-state index is -0.519. The van der Waals surface area contributed by atoms with E-state index in [1.807, 2.05) is 0 Å². The van der Waals surface area contributed by atoms with Gasteiger partial charge in [0.25, 0.3) is 11.4 Å². The van der Waals surface area contributed by atoms with Crippen LogP contribution in [0.1, 0.15) is 18.1 Å². The van der Waals surface area contributed by atoms with Gasteiger partial charge < -0.3 is 10.6 Å². The zero-order valence-electron chi connectivity index (χ0n) is 16.6. The molecule has 160 valence electrons. The van der Waals surface area contributed by atoms with E-state index in [1.54, 1.807) is 19.1 Å². The second-order valence-electron chi connectivity index (χ2n) is 6.53. The highest BCUT2D eigenvalue weighted by Crippen LogP contribution is 2.15. The van der Waals surface area contributed by atoms with Crippen molar-refractivity contribution < 1.29 is 19.4 Å². The normalized spacial score (nSPS) is 11.9. The summed E-state index contributed by atoms with van der Waals surface area (Å²) in [5, 5.41) is 26.8. The van der Waals surface area contributed by atoms with Crippen molar-refractivity contribution in [3.63, 3.8) is 0 Å². The Bertz CT molecular complexity index is 1050. The highest BCUT2D eigenvalue weighted by Gasteiger charge is 2.08. The van der Waals surface area contributed by atoms with E-state index in [2.05, 4.69) is 10.6 Å². The number of carbonyl (C=O) groups excluding carboxylic acids is 2. The fourth-order valence-electron chi connectivity index (χ4n) is 2.48. The van der Waals surface area contributed by atoms with E-state index in [-0.39, 0.29) is 24.0 Å². The number of carbonyl (C=O) groups is 2. The average Bonchev–Trinajstić information content (AvgIpc) is 2.75. The van der Waals surface area contributed by atoms with Crippen molar-refractivity contribution in [2.24, 2.45) is 0 Å². The van der Waals surface area contributed by atoms with Gasteiger partial charge >= 0.3 is 0 Å². The highest BCUT2D eigenvalue weighted by atomic mass is 16.6. The van der Waals surface area contributed by atoms with Gasteiger partial charge in [0.05, 0.1) is 9.85 Å². The highest BCUT2D eigenvalue weighted by molar-refractivity contribution is 5.93. The standard InChI is InChI=1S/C21H20N4O6/c1-15(23-21(27)11-9-17-5-3-7-19(13-17)25(30)31)14-22-20(26)10-8-16-4-2-6-18(12-16)24(28)29/h2-13,15H,14H2,1H3,(H,22,26)(H,23,27). The summed E-state index contributed by atoms with van der Waals surface area (Å²) in [7, 11) is 0. The molecular weight excluding hydrogens is 404 g/mol. The van der Waals surface area contributed by atoms with Gasteiger partial charge in [0.15, 0.2) is 0 Å². The van der Waals surface area contributed by atoms with Crippen molar-refractivity contribution in [3.8, 4) is 0 Å². The third kappa shape index (κ3) is 7.89.